The van der Waals surface area contributed by atoms with E-state index in [2.05, 4.69) is 15.3 Å². The van der Waals surface area contributed by atoms with Gasteiger partial charge >= 0.3 is 0 Å². The van der Waals surface area contributed by atoms with Crippen molar-refractivity contribution in [3.8, 4) is 0 Å². The van der Waals surface area contributed by atoms with Crippen LogP contribution in [0.1, 0.15) is 5.69 Å². The largest absolute Gasteiger partial charge is 0.333 e. The molecule has 0 aromatic carbocycles. The second-order valence-corrected chi connectivity index (χ2v) is 3.50. The highest BCUT2D eigenvalue weighted by Crippen LogP contribution is 2.11. The van der Waals surface area contributed by atoms with Gasteiger partial charge in [-0.1, -0.05) is 0 Å². The summed E-state index contributed by atoms with van der Waals surface area (Å²) in [5, 5.41) is 4.01. The molecule has 2 N–H and O–H groups in total. The second-order valence-electron chi connectivity index (χ2n) is 2.28. The molecule has 1 aromatic rings. The van der Waals surface area contributed by atoms with Gasteiger partial charge in [0.2, 0.25) is 0 Å². The minimum absolute atomic E-state index is 0.548. The van der Waals surface area contributed by atoms with Crippen molar-refractivity contribution in [1.29, 1.82) is 0 Å². The van der Waals surface area contributed by atoms with Crippen LogP contribution >= 0.6 is 24.0 Å². The van der Waals surface area contributed by atoms with E-state index >= 15 is 0 Å². The molecule has 0 fully saturated rings. The third kappa shape index (κ3) is 2.58. The zero-order valence-electron chi connectivity index (χ0n) is 7.05. The van der Waals surface area contributed by atoms with Crippen molar-refractivity contribution in [1.82, 2.24) is 15.3 Å². The molecule has 66 valence electrons. The molecule has 0 aliphatic heterocycles. The molecule has 0 aliphatic rings. The van der Waals surface area contributed by atoms with E-state index in [0.29, 0.717) is 4.77 Å². The van der Waals surface area contributed by atoms with Crippen LogP contribution in [0.25, 0.3) is 0 Å². The molecule has 1 heterocycles. The van der Waals surface area contributed by atoms with E-state index in [4.69, 9.17) is 12.2 Å². The lowest BCUT2D eigenvalue weighted by atomic mass is 10.4. The topological polar surface area (TPSA) is 40.7 Å². The van der Waals surface area contributed by atoms with E-state index in [1.165, 1.54) is 0 Å². The zero-order valence-corrected chi connectivity index (χ0v) is 8.68. The lowest BCUT2D eigenvalue weighted by Crippen LogP contribution is -2.07. The molecule has 0 bridgehead atoms. The Labute approximate surface area is 81.0 Å². The third-order valence-electron chi connectivity index (χ3n) is 1.35. The minimum Gasteiger partial charge on any atom is -0.333 e. The van der Waals surface area contributed by atoms with Crippen LogP contribution in [0.3, 0.4) is 0 Å². The maximum Gasteiger partial charge on any atom is 0.198 e. The fraction of sp³-hybridized carbons (Fsp3) is 0.429. The maximum absolute atomic E-state index is 4.96. The van der Waals surface area contributed by atoms with Crippen molar-refractivity contribution in [3.63, 3.8) is 0 Å². The van der Waals surface area contributed by atoms with Gasteiger partial charge < -0.3 is 10.3 Å². The first-order valence-electron chi connectivity index (χ1n) is 3.55. The summed E-state index contributed by atoms with van der Waals surface area (Å²) in [6.07, 6.45) is 1.99. The van der Waals surface area contributed by atoms with Crippen molar-refractivity contribution in [2.45, 2.75) is 11.6 Å². The van der Waals surface area contributed by atoms with E-state index in [-0.39, 0.29) is 0 Å². The van der Waals surface area contributed by atoms with E-state index in [1.807, 2.05) is 19.4 Å². The van der Waals surface area contributed by atoms with Crippen LogP contribution in [0.2, 0.25) is 0 Å². The van der Waals surface area contributed by atoms with Crippen molar-refractivity contribution in [2.24, 2.45) is 0 Å². The Morgan fingerprint density at radius 1 is 1.75 bits per heavy atom. The predicted molar refractivity (Wildman–Crippen MR) is 54.0 cm³/mol. The van der Waals surface area contributed by atoms with Crippen LogP contribution in [-0.4, -0.2) is 23.3 Å². The number of hydrogen-bond acceptors (Lipinski definition) is 4. The highest BCUT2D eigenvalue weighted by molar-refractivity contribution is 7.98. The lowest BCUT2D eigenvalue weighted by Gasteiger charge is -2.01. The van der Waals surface area contributed by atoms with Crippen molar-refractivity contribution in [3.05, 3.63) is 16.5 Å². The Morgan fingerprint density at radius 2 is 2.50 bits per heavy atom. The molecule has 1 rings (SSSR count). The van der Waals surface area contributed by atoms with Gasteiger partial charge in [-0.2, -0.15) is 0 Å². The van der Waals surface area contributed by atoms with Crippen LogP contribution in [-0.2, 0) is 6.54 Å². The molecule has 0 saturated heterocycles. The monoisotopic (exact) mass is 201 g/mol. The molecule has 0 radical (unpaired) electrons. The van der Waals surface area contributed by atoms with Crippen LogP contribution in [0.5, 0.6) is 0 Å². The van der Waals surface area contributed by atoms with Gasteiger partial charge in [0.15, 0.2) is 4.77 Å². The number of aromatic amines is 1. The molecule has 12 heavy (non-hydrogen) atoms. The molecule has 0 aliphatic carbocycles. The fourth-order valence-electron chi connectivity index (χ4n) is 0.873. The number of aromatic nitrogens is 2. The fourth-order valence-corrected chi connectivity index (χ4v) is 1.60. The van der Waals surface area contributed by atoms with Gasteiger partial charge in [-0.05, 0) is 31.6 Å². The molecular weight excluding hydrogens is 190 g/mol. The molecule has 1 aromatic heterocycles. The van der Waals surface area contributed by atoms with Crippen LogP contribution in [0.15, 0.2) is 11.1 Å². The summed E-state index contributed by atoms with van der Waals surface area (Å²) >= 11 is 6.56. The number of rotatable bonds is 3. The Hall–Kier alpha value is -0.390. The third-order valence-corrected chi connectivity index (χ3v) is 2.17. The summed E-state index contributed by atoms with van der Waals surface area (Å²) in [7, 11) is 1.90. The van der Waals surface area contributed by atoms with Gasteiger partial charge in [-0.3, -0.25) is 0 Å². The van der Waals surface area contributed by atoms with E-state index in [1.54, 1.807) is 11.8 Å². The standard InChI is InChI=1S/C7H11N3S2/c1-8-4-5-3-6(12-2)10-7(11)9-5/h3,8H,4H2,1-2H3,(H,9,10,11). The van der Waals surface area contributed by atoms with Crippen LogP contribution in [0, 0.1) is 4.77 Å². The predicted octanol–water partition coefficient (Wildman–Crippen LogP) is 1.58. The van der Waals surface area contributed by atoms with Crippen LogP contribution in [0.4, 0.5) is 0 Å². The summed E-state index contributed by atoms with van der Waals surface area (Å²) < 4.78 is 0.548. The second kappa shape index (κ2) is 4.59. The van der Waals surface area contributed by atoms with Gasteiger partial charge in [-0.25, -0.2) is 4.98 Å². The van der Waals surface area contributed by atoms with Gasteiger partial charge in [0, 0.05) is 12.2 Å². The maximum atomic E-state index is 4.96. The first kappa shape index (κ1) is 9.70. The highest BCUT2D eigenvalue weighted by Gasteiger charge is 1.95. The Bertz CT molecular complexity index is 308. The average Bonchev–Trinajstić information content (AvgIpc) is 2.04. The minimum atomic E-state index is 0.548. The molecule has 0 unspecified atom stereocenters. The van der Waals surface area contributed by atoms with E-state index in [0.717, 1.165) is 17.3 Å². The summed E-state index contributed by atoms with van der Waals surface area (Å²) in [5.41, 5.74) is 1.07. The molecule has 3 nitrogen and oxygen atoms in total. The van der Waals surface area contributed by atoms with E-state index < -0.39 is 0 Å². The Morgan fingerprint density at radius 3 is 3.08 bits per heavy atom. The lowest BCUT2D eigenvalue weighted by molar-refractivity contribution is 0.774. The van der Waals surface area contributed by atoms with Gasteiger partial charge in [-0.15, -0.1) is 11.8 Å². The molecule has 0 amide bonds. The molecule has 0 saturated carbocycles. The molecule has 0 atom stereocenters. The van der Waals surface area contributed by atoms with Crippen molar-refractivity contribution >= 4 is 24.0 Å². The highest BCUT2D eigenvalue weighted by atomic mass is 32.2. The smallest absolute Gasteiger partial charge is 0.198 e. The molecule has 0 spiro atoms. The molecular formula is C7H11N3S2. The Balaban J connectivity index is 2.98. The summed E-state index contributed by atoms with van der Waals surface area (Å²) in [4.78, 5) is 7.14. The summed E-state index contributed by atoms with van der Waals surface area (Å²) in [5.74, 6) is 0. The van der Waals surface area contributed by atoms with Gasteiger partial charge in [0.25, 0.3) is 0 Å². The quantitative estimate of drug-likeness (QED) is 0.442. The van der Waals surface area contributed by atoms with Gasteiger partial charge in [0.1, 0.15) is 5.03 Å². The first-order valence-corrected chi connectivity index (χ1v) is 5.18. The number of hydrogen-bond donors (Lipinski definition) is 2. The van der Waals surface area contributed by atoms with Crippen molar-refractivity contribution < 1.29 is 0 Å². The summed E-state index contributed by atoms with van der Waals surface area (Å²) in [6.45, 7) is 0.791. The first-order chi connectivity index (χ1) is 5.76. The average molecular weight is 201 g/mol. The zero-order chi connectivity index (χ0) is 8.97. The van der Waals surface area contributed by atoms with Crippen LogP contribution < -0.4 is 5.32 Å². The van der Waals surface area contributed by atoms with Crippen molar-refractivity contribution in [2.75, 3.05) is 13.3 Å². The van der Waals surface area contributed by atoms with E-state index in [9.17, 15) is 0 Å². The number of nitrogens with zero attached hydrogens (tertiary/aromatic N) is 1. The normalized spacial score (nSPS) is 10.2. The van der Waals surface area contributed by atoms with Gasteiger partial charge in [0.05, 0.1) is 0 Å². The Kier molecular flexibility index (Phi) is 3.71. The number of H-pyrrole nitrogens is 1. The molecule has 5 heteroatoms. The number of thioether (sulfide) groups is 1. The number of nitrogens with one attached hydrogen (secondary N) is 2. The summed E-state index contributed by atoms with van der Waals surface area (Å²) in [6, 6.07) is 2.00. The SMILES string of the molecule is CNCc1cc(SC)nc(=S)[nH]1.